The highest BCUT2D eigenvalue weighted by Crippen LogP contribution is 2.33. The van der Waals surface area contributed by atoms with E-state index in [9.17, 15) is 4.79 Å². The van der Waals surface area contributed by atoms with Crippen LogP contribution in [0.5, 0.6) is 11.5 Å². The van der Waals surface area contributed by atoms with Crippen LogP contribution in [-0.2, 0) is 17.8 Å². The molecule has 0 fully saturated rings. The first-order valence-corrected chi connectivity index (χ1v) is 9.66. The molecule has 0 aliphatic carbocycles. The lowest BCUT2D eigenvalue weighted by Crippen LogP contribution is -2.44. The Labute approximate surface area is 185 Å². The van der Waals surface area contributed by atoms with Gasteiger partial charge in [0.25, 0.3) is 0 Å². The number of ether oxygens (including phenoxy) is 2. The van der Waals surface area contributed by atoms with Gasteiger partial charge in [-0.25, -0.2) is 0 Å². The Morgan fingerprint density at radius 3 is 2.43 bits per heavy atom. The van der Waals surface area contributed by atoms with E-state index in [0.29, 0.717) is 13.0 Å². The molecule has 1 aliphatic rings. The second-order valence-electron chi connectivity index (χ2n) is 6.48. The largest absolute Gasteiger partial charge is 0.493 e. The Kier molecular flexibility index (Phi) is 11.0. The van der Waals surface area contributed by atoms with Gasteiger partial charge in [0, 0.05) is 32.6 Å². The molecule has 158 valence electrons. The van der Waals surface area contributed by atoms with Gasteiger partial charge in [0.15, 0.2) is 17.5 Å². The molecule has 0 bridgehead atoms. The van der Waals surface area contributed by atoms with Crippen molar-refractivity contribution in [1.82, 2.24) is 15.5 Å². The van der Waals surface area contributed by atoms with Crippen molar-refractivity contribution in [2.45, 2.75) is 39.7 Å². The van der Waals surface area contributed by atoms with Gasteiger partial charge >= 0.3 is 0 Å². The third-order valence-electron chi connectivity index (χ3n) is 4.53. The van der Waals surface area contributed by atoms with E-state index in [0.717, 1.165) is 56.5 Å². The lowest BCUT2D eigenvalue weighted by Gasteiger charge is -2.32. The molecule has 0 spiro atoms. The van der Waals surface area contributed by atoms with Gasteiger partial charge in [-0.15, -0.1) is 24.0 Å². The number of nitrogens with one attached hydrogen (secondary N) is 2. The van der Waals surface area contributed by atoms with Gasteiger partial charge in [-0.1, -0.05) is 6.92 Å². The normalized spacial score (nSPS) is 13.3. The maximum atomic E-state index is 11.8. The fourth-order valence-corrected chi connectivity index (χ4v) is 3.11. The Bertz CT molecular complexity index is 667. The molecule has 0 atom stereocenters. The molecule has 0 aromatic heterocycles. The predicted octanol–water partition coefficient (Wildman–Crippen LogP) is 2.56. The number of fused-ring (bicyclic) bond motifs is 1. The van der Waals surface area contributed by atoms with E-state index in [1.54, 1.807) is 14.2 Å². The Morgan fingerprint density at radius 1 is 1.14 bits per heavy atom. The number of aliphatic imine (C=N–C) groups is 1. The van der Waals surface area contributed by atoms with E-state index in [4.69, 9.17) is 9.47 Å². The molecular weight excluding hydrogens is 471 g/mol. The average Bonchev–Trinajstić information content (AvgIpc) is 2.70. The van der Waals surface area contributed by atoms with Crippen molar-refractivity contribution >= 4 is 35.8 Å². The van der Waals surface area contributed by atoms with Crippen LogP contribution in [-0.4, -0.2) is 57.2 Å². The van der Waals surface area contributed by atoms with Crippen LogP contribution in [0.2, 0.25) is 0 Å². The van der Waals surface area contributed by atoms with Crippen LogP contribution in [0.25, 0.3) is 0 Å². The zero-order valence-electron chi connectivity index (χ0n) is 17.3. The molecule has 0 radical (unpaired) electrons. The smallest absolute Gasteiger partial charge is 0.221 e. The third-order valence-corrected chi connectivity index (χ3v) is 4.53. The van der Waals surface area contributed by atoms with Crippen molar-refractivity contribution in [3.8, 4) is 11.5 Å². The molecule has 8 heteroatoms. The van der Waals surface area contributed by atoms with Crippen molar-refractivity contribution in [3.05, 3.63) is 23.3 Å². The molecule has 1 aliphatic heterocycles. The zero-order chi connectivity index (χ0) is 19.6. The van der Waals surface area contributed by atoms with Crippen molar-refractivity contribution in [1.29, 1.82) is 0 Å². The highest BCUT2D eigenvalue weighted by Gasteiger charge is 2.21. The summed E-state index contributed by atoms with van der Waals surface area (Å²) < 4.78 is 10.8. The van der Waals surface area contributed by atoms with Crippen LogP contribution in [0.1, 0.15) is 37.8 Å². The van der Waals surface area contributed by atoms with Crippen LogP contribution in [0, 0.1) is 0 Å². The van der Waals surface area contributed by atoms with E-state index in [1.807, 2.05) is 13.0 Å². The number of hydrogen-bond donors (Lipinski definition) is 2. The Morgan fingerprint density at radius 2 is 1.82 bits per heavy atom. The van der Waals surface area contributed by atoms with Gasteiger partial charge < -0.3 is 25.0 Å². The molecule has 0 unspecified atom stereocenters. The van der Waals surface area contributed by atoms with Crippen molar-refractivity contribution < 1.29 is 14.3 Å². The fourth-order valence-electron chi connectivity index (χ4n) is 3.11. The summed E-state index contributed by atoms with van der Waals surface area (Å²) in [6, 6.07) is 4.11. The van der Waals surface area contributed by atoms with Crippen LogP contribution in [0.15, 0.2) is 17.1 Å². The molecular formula is C20H33IN4O3. The molecule has 1 aromatic rings. The van der Waals surface area contributed by atoms with Crippen LogP contribution < -0.4 is 20.1 Å². The number of methoxy groups -OCH3 is 2. The highest BCUT2D eigenvalue weighted by molar-refractivity contribution is 14.0. The van der Waals surface area contributed by atoms with E-state index in [-0.39, 0.29) is 29.9 Å². The zero-order valence-corrected chi connectivity index (χ0v) is 19.7. The first-order chi connectivity index (χ1) is 13.1. The Hall–Kier alpha value is -1.71. The number of rotatable bonds is 8. The number of hydrogen-bond acceptors (Lipinski definition) is 4. The molecule has 0 saturated carbocycles. The molecule has 2 N–H and O–H groups in total. The summed E-state index contributed by atoms with van der Waals surface area (Å²) in [5.74, 6) is 2.41. The maximum Gasteiger partial charge on any atom is 0.221 e. The molecule has 1 aromatic carbocycles. The van der Waals surface area contributed by atoms with Crippen LogP contribution in [0.4, 0.5) is 0 Å². The Balaban J connectivity index is 0.00000392. The summed E-state index contributed by atoms with van der Waals surface area (Å²) in [5.41, 5.74) is 2.49. The number of halogens is 1. The van der Waals surface area contributed by atoms with Crippen LogP contribution in [0.3, 0.4) is 0 Å². The summed E-state index contributed by atoms with van der Waals surface area (Å²) in [7, 11) is 3.31. The molecule has 1 amide bonds. The molecule has 28 heavy (non-hydrogen) atoms. The van der Waals surface area contributed by atoms with Gasteiger partial charge in [-0.3, -0.25) is 9.79 Å². The van der Waals surface area contributed by atoms with Crippen molar-refractivity contribution in [2.75, 3.05) is 40.4 Å². The maximum absolute atomic E-state index is 11.8. The van der Waals surface area contributed by atoms with Gasteiger partial charge in [0.2, 0.25) is 5.91 Å². The number of benzene rings is 1. The van der Waals surface area contributed by atoms with Crippen LogP contribution >= 0.6 is 24.0 Å². The van der Waals surface area contributed by atoms with Crippen molar-refractivity contribution in [3.63, 3.8) is 0 Å². The molecule has 0 saturated heterocycles. The fraction of sp³-hybridized carbons (Fsp3) is 0.600. The first-order valence-electron chi connectivity index (χ1n) is 9.66. The number of guanidine groups is 1. The highest BCUT2D eigenvalue weighted by atomic mass is 127. The van der Waals surface area contributed by atoms with E-state index in [2.05, 4.69) is 33.5 Å². The number of carbonyl (C=O) groups excluding carboxylic acids is 1. The second kappa shape index (κ2) is 12.7. The minimum atomic E-state index is 0. The minimum Gasteiger partial charge on any atom is -0.493 e. The lowest BCUT2D eigenvalue weighted by atomic mass is 9.99. The van der Waals surface area contributed by atoms with Gasteiger partial charge in [0.05, 0.1) is 20.8 Å². The summed E-state index contributed by atoms with van der Waals surface area (Å²) in [5, 5.41) is 6.23. The van der Waals surface area contributed by atoms with E-state index in [1.165, 1.54) is 11.1 Å². The SMILES string of the molecule is CCCNC(=O)CCN=C(NCC)N1CCc2cc(OC)c(OC)cc2C1.I. The van der Waals surface area contributed by atoms with Crippen molar-refractivity contribution in [2.24, 2.45) is 4.99 Å². The average molecular weight is 504 g/mol. The van der Waals surface area contributed by atoms with E-state index >= 15 is 0 Å². The quantitative estimate of drug-likeness (QED) is 0.324. The molecule has 1 heterocycles. The minimum absolute atomic E-state index is 0. The van der Waals surface area contributed by atoms with E-state index < -0.39 is 0 Å². The topological polar surface area (TPSA) is 75.2 Å². The van der Waals surface area contributed by atoms with Gasteiger partial charge in [-0.05, 0) is 43.0 Å². The lowest BCUT2D eigenvalue weighted by molar-refractivity contribution is -0.120. The number of carbonyl (C=O) groups is 1. The monoisotopic (exact) mass is 504 g/mol. The first kappa shape index (κ1) is 24.3. The standard InChI is InChI=1S/C20H32N4O3.HI/c1-5-9-22-19(25)7-10-23-20(21-6-2)24-11-8-15-12-17(26-3)18(27-4)13-16(15)14-24;/h12-13H,5-11,14H2,1-4H3,(H,21,23)(H,22,25);1H. The molecule has 7 nitrogen and oxygen atoms in total. The summed E-state index contributed by atoms with van der Waals surface area (Å²) in [6.07, 6.45) is 2.26. The van der Waals surface area contributed by atoms with Gasteiger partial charge in [-0.2, -0.15) is 0 Å². The number of nitrogens with zero attached hydrogens (tertiary/aromatic N) is 2. The predicted molar refractivity (Wildman–Crippen MR) is 123 cm³/mol. The number of amides is 1. The summed E-state index contributed by atoms with van der Waals surface area (Å²) in [4.78, 5) is 18.6. The molecule has 2 rings (SSSR count). The summed E-state index contributed by atoms with van der Waals surface area (Å²) in [6.45, 7) is 7.70. The third kappa shape index (κ3) is 6.72. The van der Waals surface area contributed by atoms with Gasteiger partial charge in [0.1, 0.15) is 0 Å². The second-order valence-corrected chi connectivity index (χ2v) is 6.48. The summed E-state index contributed by atoms with van der Waals surface area (Å²) >= 11 is 0.